The van der Waals surface area contributed by atoms with Gasteiger partial charge in [-0.1, -0.05) is 27.7 Å². The quantitative estimate of drug-likeness (QED) is 0.586. The molecule has 1 N–H and O–H groups in total. The van der Waals surface area contributed by atoms with Crippen LogP contribution >= 0.6 is 11.8 Å². The Labute approximate surface area is 179 Å². The van der Waals surface area contributed by atoms with Gasteiger partial charge in [-0.05, 0) is 63.9 Å². The van der Waals surface area contributed by atoms with Crippen molar-refractivity contribution in [3.05, 3.63) is 24.2 Å². The third kappa shape index (κ3) is 6.78. The van der Waals surface area contributed by atoms with Crippen molar-refractivity contribution in [1.82, 2.24) is 15.1 Å². The van der Waals surface area contributed by atoms with Gasteiger partial charge in [-0.3, -0.25) is 9.59 Å². The second-order valence-corrected chi connectivity index (χ2v) is 9.41. The monoisotopic (exact) mass is 423 g/mol. The van der Waals surface area contributed by atoms with E-state index in [1.165, 1.54) is 6.26 Å². The van der Waals surface area contributed by atoms with E-state index in [4.69, 9.17) is 4.42 Å². The van der Waals surface area contributed by atoms with Crippen molar-refractivity contribution in [2.24, 2.45) is 5.92 Å². The zero-order valence-electron chi connectivity index (χ0n) is 18.5. The smallest absolute Gasteiger partial charge is 0.291 e. The highest BCUT2D eigenvalue weighted by Gasteiger charge is 2.42. The van der Waals surface area contributed by atoms with Gasteiger partial charge in [-0.25, -0.2) is 0 Å². The molecule has 0 aromatic carbocycles. The van der Waals surface area contributed by atoms with Crippen LogP contribution in [0.25, 0.3) is 0 Å². The Morgan fingerprint density at radius 2 is 2.03 bits per heavy atom. The third-order valence-corrected chi connectivity index (χ3v) is 6.74. The summed E-state index contributed by atoms with van der Waals surface area (Å²) in [5.41, 5.74) is 0. The Hall–Kier alpha value is -1.47. The van der Waals surface area contributed by atoms with Crippen molar-refractivity contribution in [3.8, 4) is 0 Å². The van der Waals surface area contributed by atoms with Crippen LogP contribution in [-0.4, -0.2) is 64.5 Å². The van der Waals surface area contributed by atoms with Crippen LogP contribution < -0.4 is 5.32 Å². The van der Waals surface area contributed by atoms with Crippen molar-refractivity contribution >= 4 is 23.6 Å². The standard InChI is InChI=1S/C22H37N3O3S/c1-6-24(7-2)12-8-10-17(5)23-21(26)18-15-29-20(14-16(3)4)25(18)22(27)19-11-9-13-28-19/h9,11,13,16-18,20H,6-8,10,12,14-15H2,1-5H3,(H,23,26). The molecule has 164 valence electrons. The van der Waals surface area contributed by atoms with Crippen LogP contribution in [0.5, 0.6) is 0 Å². The number of hydrogen-bond donors (Lipinski definition) is 1. The highest BCUT2D eigenvalue weighted by molar-refractivity contribution is 8.00. The lowest BCUT2D eigenvalue weighted by Crippen LogP contribution is -2.51. The molecule has 7 heteroatoms. The first-order chi connectivity index (χ1) is 13.9. The summed E-state index contributed by atoms with van der Waals surface area (Å²) in [6, 6.07) is 3.02. The van der Waals surface area contributed by atoms with Gasteiger partial charge in [0.15, 0.2) is 5.76 Å². The van der Waals surface area contributed by atoms with Gasteiger partial charge in [0.05, 0.1) is 11.6 Å². The summed E-state index contributed by atoms with van der Waals surface area (Å²) in [5.74, 6) is 1.12. The van der Waals surface area contributed by atoms with Gasteiger partial charge in [-0.2, -0.15) is 0 Å². The molecule has 1 aliphatic heterocycles. The van der Waals surface area contributed by atoms with E-state index >= 15 is 0 Å². The molecule has 29 heavy (non-hydrogen) atoms. The lowest BCUT2D eigenvalue weighted by Gasteiger charge is -2.29. The van der Waals surface area contributed by atoms with Gasteiger partial charge < -0.3 is 19.5 Å². The highest BCUT2D eigenvalue weighted by atomic mass is 32.2. The zero-order valence-corrected chi connectivity index (χ0v) is 19.3. The first-order valence-electron chi connectivity index (χ1n) is 10.9. The molecule has 1 aliphatic rings. The molecule has 6 nitrogen and oxygen atoms in total. The molecule has 0 radical (unpaired) electrons. The predicted molar refractivity (Wildman–Crippen MR) is 119 cm³/mol. The molecule has 1 saturated heterocycles. The maximum atomic E-state index is 13.0. The van der Waals surface area contributed by atoms with E-state index in [1.807, 2.05) is 6.92 Å². The second-order valence-electron chi connectivity index (χ2n) is 8.20. The van der Waals surface area contributed by atoms with Crippen LogP contribution in [0, 0.1) is 5.92 Å². The van der Waals surface area contributed by atoms with Gasteiger partial charge in [0.2, 0.25) is 5.91 Å². The minimum absolute atomic E-state index is 0.00122. The van der Waals surface area contributed by atoms with Gasteiger partial charge in [0.1, 0.15) is 6.04 Å². The van der Waals surface area contributed by atoms with E-state index in [0.717, 1.165) is 38.9 Å². The number of amides is 2. The van der Waals surface area contributed by atoms with Gasteiger partial charge in [0, 0.05) is 11.8 Å². The lowest BCUT2D eigenvalue weighted by atomic mass is 10.1. The van der Waals surface area contributed by atoms with Gasteiger partial charge >= 0.3 is 0 Å². The van der Waals surface area contributed by atoms with E-state index in [9.17, 15) is 9.59 Å². The molecule has 0 spiro atoms. The van der Waals surface area contributed by atoms with Crippen LogP contribution in [0.1, 0.15) is 64.4 Å². The third-order valence-electron chi connectivity index (χ3n) is 5.43. The molecule has 0 aliphatic carbocycles. The van der Waals surface area contributed by atoms with E-state index in [1.54, 1.807) is 28.8 Å². The van der Waals surface area contributed by atoms with Crippen LogP contribution in [-0.2, 0) is 4.79 Å². The zero-order chi connectivity index (χ0) is 21.4. The van der Waals surface area contributed by atoms with Crippen molar-refractivity contribution in [1.29, 1.82) is 0 Å². The average Bonchev–Trinajstić information content (AvgIpc) is 3.34. The minimum atomic E-state index is -0.452. The number of furan rings is 1. The van der Waals surface area contributed by atoms with Gasteiger partial charge in [-0.15, -0.1) is 11.8 Å². The van der Waals surface area contributed by atoms with E-state index < -0.39 is 6.04 Å². The summed E-state index contributed by atoms with van der Waals surface area (Å²) in [4.78, 5) is 30.2. The number of thioether (sulfide) groups is 1. The summed E-state index contributed by atoms with van der Waals surface area (Å²) in [6.07, 6.45) is 4.35. The molecule has 1 aromatic rings. The summed E-state index contributed by atoms with van der Waals surface area (Å²) >= 11 is 1.69. The van der Waals surface area contributed by atoms with Crippen molar-refractivity contribution in [3.63, 3.8) is 0 Å². The Morgan fingerprint density at radius 3 is 2.62 bits per heavy atom. The number of nitrogens with one attached hydrogen (secondary N) is 1. The summed E-state index contributed by atoms with van der Waals surface area (Å²) in [5, 5.41) is 3.14. The molecule has 1 aromatic heterocycles. The fourth-order valence-corrected chi connectivity index (χ4v) is 5.36. The molecule has 3 unspecified atom stereocenters. The number of nitrogens with zero attached hydrogens (tertiary/aromatic N) is 2. The van der Waals surface area contributed by atoms with Crippen molar-refractivity contribution < 1.29 is 14.0 Å². The van der Waals surface area contributed by atoms with Crippen LogP contribution in [0.3, 0.4) is 0 Å². The Morgan fingerprint density at radius 1 is 1.31 bits per heavy atom. The fraction of sp³-hybridized carbons (Fsp3) is 0.727. The van der Waals surface area contributed by atoms with Crippen LogP contribution in [0.15, 0.2) is 22.8 Å². The molecule has 2 rings (SSSR count). The molecule has 2 heterocycles. The second kappa shape index (κ2) is 11.6. The SMILES string of the molecule is CCN(CC)CCCC(C)NC(=O)C1CSC(CC(C)C)N1C(=O)c1ccco1. The van der Waals surface area contributed by atoms with Gasteiger partial charge in [0.25, 0.3) is 5.91 Å². The maximum Gasteiger partial charge on any atom is 0.291 e. The van der Waals surface area contributed by atoms with Crippen LogP contribution in [0.2, 0.25) is 0 Å². The number of carbonyl (C=O) groups excluding carboxylic acids is 2. The normalized spacial score (nSPS) is 20.4. The molecule has 0 saturated carbocycles. The molecule has 0 bridgehead atoms. The predicted octanol–water partition coefficient (Wildman–Crippen LogP) is 3.84. The summed E-state index contributed by atoms with van der Waals surface area (Å²) in [7, 11) is 0. The first-order valence-corrected chi connectivity index (χ1v) is 11.9. The number of rotatable bonds is 11. The Bertz CT molecular complexity index is 631. The van der Waals surface area contributed by atoms with E-state index in [-0.39, 0.29) is 23.2 Å². The largest absolute Gasteiger partial charge is 0.459 e. The average molecular weight is 424 g/mol. The Kier molecular flexibility index (Phi) is 9.56. The fourth-order valence-electron chi connectivity index (χ4n) is 3.72. The minimum Gasteiger partial charge on any atom is -0.459 e. The lowest BCUT2D eigenvalue weighted by molar-refractivity contribution is -0.125. The molecule has 3 atom stereocenters. The highest BCUT2D eigenvalue weighted by Crippen LogP contribution is 2.34. The molecular formula is C22H37N3O3S. The Balaban J connectivity index is 1.98. The molecule has 2 amide bonds. The number of hydrogen-bond acceptors (Lipinski definition) is 5. The van der Waals surface area contributed by atoms with Crippen molar-refractivity contribution in [2.45, 2.75) is 71.3 Å². The molecular weight excluding hydrogens is 386 g/mol. The number of carbonyl (C=O) groups is 2. The maximum absolute atomic E-state index is 13.0. The van der Waals surface area contributed by atoms with Crippen LogP contribution in [0.4, 0.5) is 0 Å². The molecule has 1 fully saturated rings. The van der Waals surface area contributed by atoms with E-state index in [2.05, 4.69) is 37.9 Å². The van der Waals surface area contributed by atoms with E-state index in [0.29, 0.717) is 17.4 Å². The first kappa shape index (κ1) is 23.8. The summed E-state index contributed by atoms with van der Waals surface area (Å²) < 4.78 is 5.33. The van der Waals surface area contributed by atoms with Crippen molar-refractivity contribution in [2.75, 3.05) is 25.4 Å². The topological polar surface area (TPSA) is 65.8 Å². The summed E-state index contributed by atoms with van der Waals surface area (Å²) in [6.45, 7) is 13.8.